The van der Waals surface area contributed by atoms with Crippen molar-refractivity contribution in [2.45, 2.75) is 38.0 Å². The van der Waals surface area contributed by atoms with E-state index in [1.165, 1.54) is 14.0 Å². The third kappa shape index (κ3) is 2.73. The van der Waals surface area contributed by atoms with Crippen molar-refractivity contribution in [1.82, 2.24) is 9.46 Å². The largest absolute Gasteiger partial charge is 0.360 e. The van der Waals surface area contributed by atoms with Gasteiger partial charge in [-0.1, -0.05) is 35.0 Å². The predicted molar refractivity (Wildman–Crippen MR) is 88.0 cm³/mol. The summed E-state index contributed by atoms with van der Waals surface area (Å²) in [6.07, 6.45) is 0.670. The minimum absolute atomic E-state index is 0.0221. The highest BCUT2D eigenvalue weighted by molar-refractivity contribution is 7.89. The maximum atomic E-state index is 12.7. The highest BCUT2D eigenvalue weighted by Crippen LogP contribution is 2.49. The molecule has 2 aromatic rings. The van der Waals surface area contributed by atoms with Crippen LogP contribution in [0.1, 0.15) is 34.9 Å². The third-order valence-electron chi connectivity index (χ3n) is 4.47. The molecule has 24 heavy (non-hydrogen) atoms. The third-order valence-corrected chi connectivity index (χ3v) is 6.47. The van der Waals surface area contributed by atoms with E-state index >= 15 is 0 Å². The highest BCUT2D eigenvalue weighted by Gasteiger charge is 2.48. The number of aryl methyl sites for hydroxylation is 3. The van der Waals surface area contributed by atoms with Gasteiger partial charge < -0.3 is 4.52 Å². The van der Waals surface area contributed by atoms with Gasteiger partial charge in [-0.05, 0) is 38.7 Å². The number of nitrogens with zero attached hydrogens (tertiary/aromatic N) is 2. The van der Waals surface area contributed by atoms with Crippen molar-refractivity contribution in [1.29, 1.82) is 0 Å². The molecule has 6 nitrogen and oxygen atoms in total. The average molecular weight is 348 g/mol. The van der Waals surface area contributed by atoms with Crippen LogP contribution in [0.5, 0.6) is 0 Å². The van der Waals surface area contributed by atoms with Crippen LogP contribution in [-0.2, 0) is 14.8 Å². The normalized spacial score (nSPS) is 20.0. The summed E-state index contributed by atoms with van der Waals surface area (Å²) in [4.78, 5) is 12.6. The lowest BCUT2D eigenvalue weighted by Gasteiger charge is -2.17. The fraction of sp³-hybridized carbons (Fsp3) is 0.412. The maximum absolute atomic E-state index is 12.7. The molecular formula is C17H20N2O4S. The van der Waals surface area contributed by atoms with Crippen molar-refractivity contribution in [3.63, 3.8) is 0 Å². The SMILES string of the molecule is Cc1cccc([C@@H]2C[C@@H]2C(=O)N(C)S(=O)(=O)c2c(C)noc2C)c1. The maximum Gasteiger partial charge on any atom is 0.271 e. The Kier molecular flexibility index (Phi) is 3.99. The van der Waals surface area contributed by atoms with Gasteiger partial charge in [0.25, 0.3) is 10.0 Å². The van der Waals surface area contributed by atoms with Gasteiger partial charge in [0.2, 0.25) is 5.91 Å². The number of sulfonamides is 1. The Hall–Kier alpha value is -2.15. The second-order valence-electron chi connectivity index (χ2n) is 6.33. The number of amides is 1. The fourth-order valence-corrected chi connectivity index (χ4v) is 4.53. The minimum atomic E-state index is -3.95. The van der Waals surface area contributed by atoms with Crippen molar-refractivity contribution in [3.05, 3.63) is 46.8 Å². The van der Waals surface area contributed by atoms with Gasteiger partial charge in [-0.3, -0.25) is 4.79 Å². The standard InChI is InChI=1S/C17H20N2O4S/c1-10-6-5-7-13(8-10)14-9-15(14)17(20)19(4)24(21,22)16-11(2)18-23-12(16)3/h5-8,14-15H,9H2,1-4H3/t14-,15-/m0/s1. The number of hydrogen-bond donors (Lipinski definition) is 0. The summed E-state index contributed by atoms with van der Waals surface area (Å²) in [6, 6.07) is 7.97. The van der Waals surface area contributed by atoms with Gasteiger partial charge in [-0.2, -0.15) is 0 Å². The number of carbonyl (C=O) groups excluding carboxylic acids is 1. The van der Waals surface area contributed by atoms with Crippen molar-refractivity contribution in [3.8, 4) is 0 Å². The smallest absolute Gasteiger partial charge is 0.271 e. The molecule has 0 saturated heterocycles. The Morgan fingerprint density at radius 3 is 2.58 bits per heavy atom. The van der Waals surface area contributed by atoms with E-state index in [1.807, 2.05) is 31.2 Å². The molecule has 0 aliphatic heterocycles. The monoisotopic (exact) mass is 348 g/mol. The van der Waals surface area contributed by atoms with Crippen LogP contribution < -0.4 is 0 Å². The molecule has 1 aromatic heterocycles. The fourth-order valence-electron chi connectivity index (χ4n) is 3.07. The zero-order chi connectivity index (χ0) is 17.6. The summed E-state index contributed by atoms with van der Waals surface area (Å²) in [5.74, 6) is -0.411. The molecule has 2 atom stereocenters. The Labute approximate surface area is 141 Å². The lowest BCUT2D eigenvalue weighted by Crippen LogP contribution is -2.35. The van der Waals surface area contributed by atoms with E-state index in [4.69, 9.17) is 4.52 Å². The molecule has 1 aliphatic rings. The van der Waals surface area contributed by atoms with Crippen LogP contribution in [0.25, 0.3) is 0 Å². The van der Waals surface area contributed by atoms with E-state index in [1.54, 1.807) is 6.92 Å². The summed E-state index contributed by atoms with van der Waals surface area (Å²) in [5.41, 5.74) is 2.47. The van der Waals surface area contributed by atoms with Gasteiger partial charge >= 0.3 is 0 Å². The molecular weight excluding hydrogens is 328 g/mol. The molecule has 0 N–H and O–H groups in total. The highest BCUT2D eigenvalue weighted by atomic mass is 32.2. The number of hydrogen-bond acceptors (Lipinski definition) is 5. The van der Waals surface area contributed by atoms with E-state index in [0.717, 1.165) is 15.4 Å². The first-order chi connectivity index (χ1) is 11.2. The number of aromatic nitrogens is 1. The van der Waals surface area contributed by atoms with Crippen LogP contribution in [0.2, 0.25) is 0 Å². The zero-order valence-corrected chi connectivity index (χ0v) is 14.9. The molecule has 1 aliphatic carbocycles. The van der Waals surface area contributed by atoms with E-state index in [9.17, 15) is 13.2 Å². The van der Waals surface area contributed by atoms with Crippen LogP contribution in [0.4, 0.5) is 0 Å². The molecule has 0 bridgehead atoms. The molecule has 1 saturated carbocycles. The molecule has 1 aromatic carbocycles. The van der Waals surface area contributed by atoms with Crippen LogP contribution in [-0.4, -0.2) is 30.8 Å². The molecule has 1 heterocycles. The van der Waals surface area contributed by atoms with Gasteiger partial charge in [0, 0.05) is 13.0 Å². The Morgan fingerprint density at radius 2 is 2.00 bits per heavy atom. The summed E-state index contributed by atoms with van der Waals surface area (Å²) in [7, 11) is -2.65. The van der Waals surface area contributed by atoms with Crippen LogP contribution in [0, 0.1) is 26.7 Å². The lowest BCUT2D eigenvalue weighted by molar-refractivity contribution is -0.127. The molecule has 0 radical (unpaired) electrons. The number of rotatable bonds is 4. The van der Waals surface area contributed by atoms with Gasteiger partial charge in [0.05, 0.1) is 0 Å². The molecule has 1 amide bonds. The summed E-state index contributed by atoms with van der Waals surface area (Å²) in [5, 5.41) is 3.66. The van der Waals surface area contributed by atoms with Gasteiger partial charge in [-0.15, -0.1) is 0 Å². The molecule has 0 unspecified atom stereocenters. The van der Waals surface area contributed by atoms with Gasteiger partial charge in [0.15, 0.2) is 10.7 Å². The number of carbonyl (C=O) groups is 1. The summed E-state index contributed by atoms with van der Waals surface area (Å²) < 4.78 is 31.2. The molecule has 3 rings (SSSR count). The van der Waals surface area contributed by atoms with Gasteiger partial charge in [0.1, 0.15) is 5.69 Å². The topological polar surface area (TPSA) is 80.5 Å². The minimum Gasteiger partial charge on any atom is -0.360 e. The van der Waals surface area contributed by atoms with Crippen molar-refractivity contribution in [2.75, 3.05) is 7.05 Å². The molecule has 1 fully saturated rings. The molecule has 7 heteroatoms. The van der Waals surface area contributed by atoms with Crippen LogP contribution in [0.15, 0.2) is 33.7 Å². The first-order valence-corrected chi connectivity index (χ1v) is 9.19. The second-order valence-corrected chi connectivity index (χ2v) is 8.23. The quantitative estimate of drug-likeness (QED) is 0.848. The van der Waals surface area contributed by atoms with E-state index in [-0.39, 0.29) is 34.1 Å². The van der Waals surface area contributed by atoms with Gasteiger partial charge in [-0.25, -0.2) is 12.7 Å². The van der Waals surface area contributed by atoms with Crippen molar-refractivity contribution in [2.24, 2.45) is 5.92 Å². The molecule has 0 spiro atoms. The summed E-state index contributed by atoms with van der Waals surface area (Å²) in [6.45, 7) is 5.07. The second kappa shape index (κ2) is 5.73. The van der Waals surface area contributed by atoms with E-state index in [2.05, 4.69) is 5.16 Å². The molecule has 128 valence electrons. The van der Waals surface area contributed by atoms with E-state index in [0.29, 0.717) is 6.42 Å². The first-order valence-electron chi connectivity index (χ1n) is 7.75. The first kappa shape index (κ1) is 16.7. The van der Waals surface area contributed by atoms with E-state index < -0.39 is 10.0 Å². The Balaban J connectivity index is 1.81. The summed E-state index contributed by atoms with van der Waals surface area (Å²) >= 11 is 0. The Morgan fingerprint density at radius 1 is 1.29 bits per heavy atom. The average Bonchev–Trinajstić information content (AvgIpc) is 3.25. The lowest BCUT2D eigenvalue weighted by atomic mass is 10.1. The van der Waals surface area contributed by atoms with Crippen molar-refractivity contribution >= 4 is 15.9 Å². The number of benzene rings is 1. The van der Waals surface area contributed by atoms with Crippen molar-refractivity contribution < 1.29 is 17.7 Å². The Bertz CT molecular complexity index is 882. The predicted octanol–water partition coefficient (Wildman–Crippen LogP) is 2.55. The zero-order valence-electron chi connectivity index (χ0n) is 14.1. The van der Waals surface area contributed by atoms with Crippen LogP contribution in [0.3, 0.4) is 0 Å². The van der Waals surface area contributed by atoms with Crippen LogP contribution >= 0.6 is 0 Å².